The summed E-state index contributed by atoms with van der Waals surface area (Å²) in [5, 5.41) is 2.74. The minimum absolute atomic E-state index is 0.134. The second-order valence-electron chi connectivity index (χ2n) is 5.82. The zero-order chi connectivity index (χ0) is 20.0. The number of methoxy groups -OCH3 is 3. The Hall–Kier alpha value is -3.22. The summed E-state index contributed by atoms with van der Waals surface area (Å²) in [4.78, 5) is 24.5. The number of amides is 1. The lowest BCUT2D eigenvalue weighted by molar-refractivity contribution is -0.119. The molecule has 0 aliphatic carbocycles. The summed E-state index contributed by atoms with van der Waals surface area (Å²) in [7, 11) is 4.32. The van der Waals surface area contributed by atoms with E-state index < -0.39 is 18.5 Å². The molecule has 0 saturated carbocycles. The highest BCUT2D eigenvalue weighted by atomic mass is 16.5. The molecule has 2 aromatic rings. The van der Waals surface area contributed by atoms with Gasteiger partial charge in [-0.1, -0.05) is 12.1 Å². The molecule has 0 fully saturated rings. The van der Waals surface area contributed by atoms with Crippen molar-refractivity contribution in [1.29, 1.82) is 0 Å². The van der Waals surface area contributed by atoms with Crippen LogP contribution in [-0.4, -0.2) is 39.8 Å². The zero-order valence-corrected chi connectivity index (χ0v) is 16.0. The van der Waals surface area contributed by atoms with Crippen molar-refractivity contribution in [3.05, 3.63) is 47.0 Å². The molecule has 0 unspecified atom stereocenters. The van der Waals surface area contributed by atoms with E-state index in [1.165, 1.54) is 27.4 Å². The van der Waals surface area contributed by atoms with Crippen LogP contribution in [0.3, 0.4) is 0 Å². The van der Waals surface area contributed by atoms with Crippen molar-refractivity contribution in [3.63, 3.8) is 0 Å². The average molecular weight is 373 g/mol. The fourth-order valence-electron chi connectivity index (χ4n) is 2.53. The Balaban J connectivity index is 2.09. The highest BCUT2D eigenvalue weighted by Crippen LogP contribution is 2.39. The van der Waals surface area contributed by atoms with Gasteiger partial charge in [0.05, 0.1) is 21.3 Å². The number of rotatable bonds is 7. The van der Waals surface area contributed by atoms with Crippen molar-refractivity contribution < 1.29 is 28.5 Å². The topological polar surface area (TPSA) is 83.1 Å². The van der Waals surface area contributed by atoms with Gasteiger partial charge in [0.15, 0.2) is 18.1 Å². The van der Waals surface area contributed by atoms with Crippen molar-refractivity contribution in [3.8, 4) is 17.2 Å². The third-order valence-electron chi connectivity index (χ3n) is 3.93. The number of hydrogen-bond acceptors (Lipinski definition) is 6. The van der Waals surface area contributed by atoms with Crippen LogP contribution in [0.2, 0.25) is 0 Å². The molecule has 0 aliphatic rings. The summed E-state index contributed by atoms with van der Waals surface area (Å²) in [6.07, 6.45) is 0. The molecule has 2 rings (SSSR count). The molecule has 0 aromatic heterocycles. The van der Waals surface area contributed by atoms with E-state index >= 15 is 0 Å². The molecule has 7 nitrogen and oxygen atoms in total. The maximum atomic E-state index is 12.4. The third kappa shape index (κ3) is 4.69. The van der Waals surface area contributed by atoms with Crippen LogP contribution in [0.5, 0.6) is 17.2 Å². The molecule has 144 valence electrons. The normalized spacial score (nSPS) is 10.1. The highest BCUT2D eigenvalue weighted by Gasteiger charge is 2.22. The Morgan fingerprint density at radius 2 is 1.63 bits per heavy atom. The van der Waals surface area contributed by atoms with Crippen LogP contribution in [0, 0.1) is 13.8 Å². The van der Waals surface area contributed by atoms with Crippen LogP contribution >= 0.6 is 0 Å². The number of ether oxygens (including phenoxy) is 4. The molecule has 0 aliphatic heterocycles. The fourth-order valence-corrected chi connectivity index (χ4v) is 2.53. The molecule has 27 heavy (non-hydrogen) atoms. The number of aryl methyl sites for hydroxylation is 2. The lowest BCUT2D eigenvalue weighted by Gasteiger charge is -2.15. The molecule has 0 atom stereocenters. The van der Waals surface area contributed by atoms with Gasteiger partial charge in [-0.25, -0.2) is 4.79 Å². The van der Waals surface area contributed by atoms with Crippen molar-refractivity contribution in [2.24, 2.45) is 0 Å². The van der Waals surface area contributed by atoms with Crippen molar-refractivity contribution in [2.45, 2.75) is 13.8 Å². The molecule has 0 saturated heterocycles. The number of anilines is 1. The Labute approximate surface area is 158 Å². The van der Waals surface area contributed by atoms with Gasteiger partial charge in [-0.2, -0.15) is 0 Å². The van der Waals surface area contributed by atoms with Crippen LogP contribution in [0.1, 0.15) is 21.5 Å². The zero-order valence-electron chi connectivity index (χ0n) is 16.0. The summed E-state index contributed by atoms with van der Waals surface area (Å²) in [6, 6.07) is 8.77. The first-order chi connectivity index (χ1) is 12.9. The molecule has 0 spiro atoms. The van der Waals surface area contributed by atoms with Crippen molar-refractivity contribution in [1.82, 2.24) is 0 Å². The number of carbonyl (C=O) groups is 2. The number of nitrogens with one attached hydrogen (secondary N) is 1. The average Bonchev–Trinajstić information content (AvgIpc) is 2.67. The largest absolute Gasteiger partial charge is 0.493 e. The first-order valence-corrected chi connectivity index (χ1v) is 8.24. The number of hydrogen-bond donors (Lipinski definition) is 1. The lowest BCUT2D eigenvalue weighted by atomic mass is 10.1. The molecule has 0 bridgehead atoms. The summed E-state index contributed by atoms with van der Waals surface area (Å²) in [6.45, 7) is 3.39. The molecule has 1 amide bonds. The number of esters is 1. The van der Waals surface area contributed by atoms with Gasteiger partial charge in [-0.3, -0.25) is 4.79 Å². The Morgan fingerprint density at radius 3 is 2.26 bits per heavy atom. The van der Waals surface area contributed by atoms with Gasteiger partial charge in [-0.15, -0.1) is 0 Å². The molecule has 2 aromatic carbocycles. The van der Waals surface area contributed by atoms with Crippen molar-refractivity contribution >= 4 is 17.6 Å². The van der Waals surface area contributed by atoms with Gasteiger partial charge < -0.3 is 24.3 Å². The maximum absolute atomic E-state index is 12.4. The van der Waals surface area contributed by atoms with Gasteiger partial charge in [0.25, 0.3) is 5.91 Å². The van der Waals surface area contributed by atoms with Crippen LogP contribution in [-0.2, 0) is 9.53 Å². The molecule has 1 N–H and O–H groups in total. The Morgan fingerprint density at radius 1 is 0.926 bits per heavy atom. The molecule has 0 heterocycles. The molecule has 0 radical (unpaired) electrons. The first kappa shape index (κ1) is 20.1. The second kappa shape index (κ2) is 8.93. The number of carbonyl (C=O) groups excluding carboxylic acids is 2. The molecular formula is C20H23NO6. The summed E-state index contributed by atoms with van der Waals surface area (Å²) < 4.78 is 20.8. The van der Waals surface area contributed by atoms with Crippen LogP contribution in [0.15, 0.2) is 30.3 Å². The minimum Gasteiger partial charge on any atom is -0.493 e. The van der Waals surface area contributed by atoms with E-state index in [0.29, 0.717) is 11.4 Å². The van der Waals surface area contributed by atoms with E-state index in [9.17, 15) is 9.59 Å². The standard InChI is InChI=1S/C20H23NO6/c1-12-6-7-13(2)15(10-12)21-17(22)11-27-20(23)14-8-9-16(24-3)19(26-5)18(14)25-4/h6-10H,11H2,1-5H3,(H,21,22). The fraction of sp³-hybridized carbons (Fsp3) is 0.300. The maximum Gasteiger partial charge on any atom is 0.342 e. The van der Waals surface area contributed by atoms with Crippen LogP contribution < -0.4 is 19.5 Å². The predicted octanol–water partition coefficient (Wildman–Crippen LogP) is 3.12. The van der Waals surface area contributed by atoms with Gasteiger partial charge in [-0.05, 0) is 43.2 Å². The summed E-state index contributed by atoms with van der Waals surface area (Å²) in [5.74, 6) is -0.273. The highest BCUT2D eigenvalue weighted by molar-refractivity contribution is 5.98. The lowest BCUT2D eigenvalue weighted by Crippen LogP contribution is -2.21. The molecule has 7 heteroatoms. The van der Waals surface area contributed by atoms with Gasteiger partial charge in [0.1, 0.15) is 5.56 Å². The summed E-state index contributed by atoms with van der Waals surface area (Å²) in [5.41, 5.74) is 2.75. The Bertz CT molecular complexity index is 847. The van der Waals surface area contributed by atoms with E-state index in [-0.39, 0.29) is 17.1 Å². The monoisotopic (exact) mass is 373 g/mol. The molecular weight excluding hydrogens is 350 g/mol. The second-order valence-corrected chi connectivity index (χ2v) is 5.82. The summed E-state index contributed by atoms with van der Waals surface area (Å²) >= 11 is 0. The van der Waals surface area contributed by atoms with E-state index in [2.05, 4.69) is 5.32 Å². The van der Waals surface area contributed by atoms with E-state index in [1.54, 1.807) is 6.07 Å². The predicted molar refractivity (Wildman–Crippen MR) is 101 cm³/mol. The first-order valence-electron chi connectivity index (χ1n) is 8.24. The minimum atomic E-state index is -0.705. The van der Waals surface area contributed by atoms with Crippen LogP contribution in [0.4, 0.5) is 5.69 Å². The van der Waals surface area contributed by atoms with E-state index in [1.807, 2.05) is 32.0 Å². The number of benzene rings is 2. The third-order valence-corrected chi connectivity index (χ3v) is 3.93. The van der Waals surface area contributed by atoms with Crippen molar-refractivity contribution in [2.75, 3.05) is 33.3 Å². The SMILES string of the molecule is COc1ccc(C(=O)OCC(=O)Nc2cc(C)ccc2C)c(OC)c1OC. The van der Waals surface area contributed by atoms with E-state index in [4.69, 9.17) is 18.9 Å². The Kier molecular flexibility index (Phi) is 6.65. The smallest absolute Gasteiger partial charge is 0.342 e. The van der Waals surface area contributed by atoms with Crippen LogP contribution in [0.25, 0.3) is 0 Å². The van der Waals surface area contributed by atoms with Gasteiger partial charge >= 0.3 is 5.97 Å². The van der Waals surface area contributed by atoms with Gasteiger partial charge in [0.2, 0.25) is 5.75 Å². The quantitative estimate of drug-likeness (QED) is 0.751. The van der Waals surface area contributed by atoms with Gasteiger partial charge in [0, 0.05) is 5.69 Å². The van der Waals surface area contributed by atoms with E-state index in [0.717, 1.165) is 11.1 Å².